The van der Waals surface area contributed by atoms with Crippen molar-refractivity contribution < 1.29 is 9.90 Å². The third kappa shape index (κ3) is 2.75. The van der Waals surface area contributed by atoms with Crippen LogP contribution in [0.25, 0.3) is 0 Å². The molecule has 2 nitrogen and oxygen atoms in total. The SMILES string of the molecule is CC(CC1CC1C(=O)O)c1c(Cl)cccc1Cl. The van der Waals surface area contributed by atoms with Crippen molar-refractivity contribution in [2.75, 3.05) is 0 Å². The summed E-state index contributed by atoms with van der Waals surface area (Å²) in [5, 5.41) is 10.2. The molecule has 1 fully saturated rings. The molecule has 0 spiro atoms. The lowest BCUT2D eigenvalue weighted by molar-refractivity contribution is -0.138. The van der Waals surface area contributed by atoms with Gasteiger partial charge in [0.2, 0.25) is 0 Å². The number of benzene rings is 1. The Balaban J connectivity index is 2.06. The van der Waals surface area contributed by atoms with Gasteiger partial charge in [0.25, 0.3) is 0 Å². The minimum atomic E-state index is -0.688. The molecule has 1 aliphatic rings. The molecule has 17 heavy (non-hydrogen) atoms. The van der Waals surface area contributed by atoms with Gasteiger partial charge in [0, 0.05) is 10.0 Å². The van der Waals surface area contributed by atoms with Gasteiger partial charge in [-0.15, -0.1) is 0 Å². The zero-order chi connectivity index (χ0) is 12.6. The number of hydrogen-bond donors (Lipinski definition) is 1. The van der Waals surface area contributed by atoms with E-state index in [-0.39, 0.29) is 17.8 Å². The molecule has 0 saturated heterocycles. The van der Waals surface area contributed by atoms with E-state index >= 15 is 0 Å². The van der Waals surface area contributed by atoms with Crippen LogP contribution in [-0.2, 0) is 4.79 Å². The van der Waals surface area contributed by atoms with E-state index < -0.39 is 5.97 Å². The Morgan fingerprint density at radius 3 is 2.53 bits per heavy atom. The van der Waals surface area contributed by atoms with Crippen LogP contribution in [0, 0.1) is 11.8 Å². The Morgan fingerprint density at radius 2 is 2.06 bits per heavy atom. The third-order valence-electron chi connectivity index (χ3n) is 3.39. The second kappa shape index (κ2) is 4.87. The molecule has 0 aliphatic heterocycles. The van der Waals surface area contributed by atoms with Crippen molar-refractivity contribution in [3.63, 3.8) is 0 Å². The highest BCUT2D eigenvalue weighted by Gasteiger charge is 2.43. The highest BCUT2D eigenvalue weighted by Crippen LogP contribution is 2.46. The number of carboxylic acids is 1. The van der Waals surface area contributed by atoms with E-state index in [0.29, 0.717) is 10.0 Å². The van der Waals surface area contributed by atoms with Crippen LogP contribution in [0.2, 0.25) is 10.0 Å². The van der Waals surface area contributed by atoms with Crippen LogP contribution in [0.1, 0.15) is 31.2 Å². The zero-order valence-electron chi connectivity index (χ0n) is 9.49. The molecular formula is C13H14Cl2O2. The fourth-order valence-electron chi connectivity index (χ4n) is 2.36. The molecule has 0 heterocycles. The Hall–Kier alpha value is -0.730. The molecule has 0 amide bonds. The maximum absolute atomic E-state index is 10.8. The van der Waals surface area contributed by atoms with Crippen LogP contribution in [0.5, 0.6) is 0 Å². The van der Waals surface area contributed by atoms with Crippen molar-refractivity contribution in [1.82, 2.24) is 0 Å². The van der Waals surface area contributed by atoms with Gasteiger partial charge in [0.15, 0.2) is 0 Å². The second-order valence-electron chi connectivity index (χ2n) is 4.71. The number of halogens is 2. The Kier molecular flexibility index (Phi) is 3.64. The van der Waals surface area contributed by atoms with E-state index in [1.807, 2.05) is 25.1 Å². The summed E-state index contributed by atoms with van der Waals surface area (Å²) in [7, 11) is 0. The van der Waals surface area contributed by atoms with Crippen LogP contribution >= 0.6 is 23.2 Å². The lowest BCUT2D eigenvalue weighted by Crippen LogP contribution is -2.03. The number of carboxylic acid groups (broad SMARTS) is 1. The summed E-state index contributed by atoms with van der Waals surface area (Å²) in [6, 6.07) is 5.46. The van der Waals surface area contributed by atoms with Crippen molar-refractivity contribution >= 4 is 29.2 Å². The first-order valence-electron chi connectivity index (χ1n) is 5.67. The van der Waals surface area contributed by atoms with Crippen LogP contribution in [0.15, 0.2) is 18.2 Å². The molecule has 92 valence electrons. The van der Waals surface area contributed by atoms with E-state index in [9.17, 15) is 4.79 Å². The lowest BCUT2D eigenvalue weighted by atomic mass is 9.94. The molecule has 3 unspecified atom stereocenters. The van der Waals surface area contributed by atoms with Gasteiger partial charge in [-0.25, -0.2) is 0 Å². The summed E-state index contributed by atoms with van der Waals surface area (Å²) in [5.74, 6) is -0.383. The van der Waals surface area contributed by atoms with Crippen LogP contribution in [-0.4, -0.2) is 11.1 Å². The molecule has 1 saturated carbocycles. The smallest absolute Gasteiger partial charge is 0.306 e. The van der Waals surface area contributed by atoms with Crippen molar-refractivity contribution in [2.45, 2.75) is 25.7 Å². The van der Waals surface area contributed by atoms with Crippen molar-refractivity contribution in [2.24, 2.45) is 11.8 Å². The van der Waals surface area contributed by atoms with Gasteiger partial charge in [-0.1, -0.05) is 36.2 Å². The number of aliphatic carboxylic acids is 1. The molecule has 0 aromatic heterocycles. The molecule has 1 aromatic rings. The average Bonchev–Trinajstić information content (AvgIpc) is 2.96. The van der Waals surface area contributed by atoms with E-state index in [4.69, 9.17) is 28.3 Å². The van der Waals surface area contributed by atoms with Gasteiger partial charge in [-0.05, 0) is 42.4 Å². The fourth-order valence-corrected chi connectivity index (χ4v) is 3.13. The van der Waals surface area contributed by atoms with E-state index in [1.165, 1.54) is 0 Å². The molecule has 0 radical (unpaired) electrons. The Labute approximate surface area is 111 Å². The number of rotatable bonds is 4. The maximum Gasteiger partial charge on any atom is 0.306 e. The molecule has 2 rings (SSSR count). The van der Waals surface area contributed by atoms with Crippen molar-refractivity contribution in [3.8, 4) is 0 Å². The largest absolute Gasteiger partial charge is 0.481 e. The normalized spacial score (nSPS) is 24.4. The summed E-state index contributed by atoms with van der Waals surface area (Å²) in [6.07, 6.45) is 1.61. The highest BCUT2D eigenvalue weighted by molar-refractivity contribution is 6.36. The first-order valence-corrected chi connectivity index (χ1v) is 6.43. The third-order valence-corrected chi connectivity index (χ3v) is 4.05. The topological polar surface area (TPSA) is 37.3 Å². The van der Waals surface area contributed by atoms with E-state index in [2.05, 4.69) is 0 Å². The standard InChI is InChI=1S/C13H14Cl2O2/c1-7(5-8-6-9(8)13(16)17)12-10(14)3-2-4-11(12)15/h2-4,7-9H,5-6H2,1H3,(H,16,17). The molecular weight excluding hydrogens is 259 g/mol. The molecule has 0 bridgehead atoms. The Morgan fingerprint density at radius 1 is 1.47 bits per heavy atom. The molecule has 1 aliphatic carbocycles. The predicted octanol–water partition coefficient (Wildman–Crippen LogP) is 4.21. The second-order valence-corrected chi connectivity index (χ2v) is 5.53. The molecule has 1 N–H and O–H groups in total. The quantitative estimate of drug-likeness (QED) is 0.892. The average molecular weight is 273 g/mol. The van der Waals surface area contributed by atoms with Crippen molar-refractivity contribution in [1.29, 1.82) is 0 Å². The van der Waals surface area contributed by atoms with E-state index in [1.54, 1.807) is 0 Å². The maximum atomic E-state index is 10.8. The lowest BCUT2D eigenvalue weighted by Gasteiger charge is -2.15. The fraction of sp³-hybridized carbons (Fsp3) is 0.462. The monoisotopic (exact) mass is 272 g/mol. The number of hydrogen-bond acceptors (Lipinski definition) is 1. The summed E-state index contributed by atoms with van der Waals surface area (Å²) in [5.41, 5.74) is 0.937. The molecule has 3 atom stereocenters. The Bertz CT molecular complexity index is 425. The van der Waals surface area contributed by atoms with E-state index in [0.717, 1.165) is 18.4 Å². The highest BCUT2D eigenvalue weighted by atomic mass is 35.5. The van der Waals surface area contributed by atoms with Crippen LogP contribution in [0.3, 0.4) is 0 Å². The summed E-state index contributed by atoms with van der Waals surface area (Å²) in [4.78, 5) is 10.8. The van der Waals surface area contributed by atoms with Gasteiger partial charge in [-0.2, -0.15) is 0 Å². The first kappa shape index (κ1) is 12.7. The molecule has 1 aromatic carbocycles. The zero-order valence-corrected chi connectivity index (χ0v) is 11.0. The van der Waals surface area contributed by atoms with Crippen LogP contribution < -0.4 is 0 Å². The van der Waals surface area contributed by atoms with Gasteiger partial charge in [-0.3, -0.25) is 4.79 Å². The van der Waals surface area contributed by atoms with Gasteiger partial charge < -0.3 is 5.11 Å². The summed E-state index contributed by atoms with van der Waals surface area (Å²) >= 11 is 12.3. The predicted molar refractivity (Wildman–Crippen MR) is 68.7 cm³/mol. The van der Waals surface area contributed by atoms with Crippen LogP contribution in [0.4, 0.5) is 0 Å². The first-order chi connectivity index (χ1) is 8.00. The molecule has 4 heteroatoms. The summed E-state index contributed by atoms with van der Waals surface area (Å²) in [6.45, 7) is 2.05. The van der Waals surface area contributed by atoms with Crippen molar-refractivity contribution in [3.05, 3.63) is 33.8 Å². The van der Waals surface area contributed by atoms with Gasteiger partial charge in [0.1, 0.15) is 0 Å². The minimum absolute atomic E-state index is 0.168. The van der Waals surface area contributed by atoms with Gasteiger partial charge in [0.05, 0.1) is 5.92 Å². The minimum Gasteiger partial charge on any atom is -0.481 e. The summed E-state index contributed by atoms with van der Waals surface area (Å²) < 4.78 is 0. The van der Waals surface area contributed by atoms with Gasteiger partial charge >= 0.3 is 5.97 Å². The number of carbonyl (C=O) groups is 1.